The number of benzene rings is 1. The number of urea groups is 1. The molecule has 0 aromatic heterocycles. The van der Waals surface area contributed by atoms with Crippen LogP contribution in [-0.4, -0.2) is 54.5 Å². The van der Waals surface area contributed by atoms with Gasteiger partial charge in [-0.05, 0) is 36.5 Å². The molecule has 1 N–H and O–H groups in total. The lowest BCUT2D eigenvalue weighted by Crippen LogP contribution is -2.51. The van der Waals surface area contributed by atoms with E-state index in [1.807, 2.05) is 24.3 Å². The zero-order valence-corrected chi connectivity index (χ0v) is 14.2. The van der Waals surface area contributed by atoms with Gasteiger partial charge in [-0.3, -0.25) is 4.79 Å². The van der Waals surface area contributed by atoms with Crippen molar-refractivity contribution >= 4 is 17.6 Å². The second kappa shape index (κ2) is 7.66. The topological polar surface area (TPSA) is 61.9 Å². The maximum Gasteiger partial charge on any atom is 0.321 e. The average Bonchev–Trinajstić information content (AvgIpc) is 3.39. The molecule has 0 atom stereocenters. The lowest BCUT2D eigenvalue weighted by atomic mass is 10.2. The number of rotatable bonds is 5. The van der Waals surface area contributed by atoms with Gasteiger partial charge in [0.1, 0.15) is 0 Å². The molecule has 0 unspecified atom stereocenters. The van der Waals surface area contributed by atoms with Crippen molar-refractivity contribution < 1.29 is 14.3 Å². The van der Waals surface area contributed by atoms with E-state index in [-0.39, 0.29) is 11.9 Å². The Balaban J connectivity index is 1.47. The van der Waals surface area contributed by atoms with Crippen LogP contribution >= 0.6 is 0 Å². The van der Waals surface area contributed by atoms with E-state index in [9.17, 15) is 9.59 Å². The van der Waals surface area contributed by atoms with Gasteiger partial charge in [-0.15, -0.1) is 0 Å². The van der Waals surface area contributed by atoms with Crippen LogP contribution < -0.4 is 5.32 Å². The highest BCUT2D eigenvalue weighted by Gasteiger charge is 2.22. The molecular formula is C18H25N3O3. The summed E-state index contributed by atoms with van der Waals surface area (Å²) < 4.78 is 5.69. The molecule has 130 valence electrons. The van der Waals surface area contributed by atoms with Crippen LogP contribution in [0.4, 0.5) is 10.5 Å². The molecule has 6 heteroatoms. The average molecular weight is 331 g/mol. The fraction of sp³-hybridized carbons (Fsp3) is 0.556. The van der Waals surface area contributed by atoms with Crippen molar-refractivity contribution in [2.45, 2.75) is 26.4 Å². The zero-order valence-electron chi connectivity index (χ0n) is 14.2. The minimum atomic E-state index is -0.116. The summed E-state index contributed by atoms with van der Waals surface area (Å²) in [4.78, 5) is 27.2. The minimum absolute atomic E-state index is 0.0638. The third kappa shape index (κ3) is 4.71. The molecule has 2 aliphatic rings. The molecule has 3 rings (SSSR count). The van der Waals surface area contributed by atoms with Crippen molar-refractivity contribution in [3.63, 3.8) is 0 Å². The Hall–Kier alpha value is -2.08. The molecule has 1 heterocycles. The highest BCUT2D eigenvalue weighted by atomic mass is 16.5. The minimum Gasteiger partial charge on any atom is -0.376 e. The predicted octanol–water partition coefficient (Wildman–Crippen LogP) is 2.31. The van der Waals surface area contributed by atoms with E-state index in [0.717, 1.165) is 23.8 Å². The van der Waals surface area contributed by atoms with E-state index in [1.54, 1.807) is 16.7 Å². The molecule has 2 fully saturated rings. The lowest BCUT2D eigenvalue weighted by Gasteiger charge is -2.34. The van der Waals surface area contributed by atoms with Gasteiger partial charge in [-0.2, -0.15) is 0 Å². The van der Waals surface area contributed by atoms with E-state index in [4.69, 9.17) is 4.74 Å². The SMILES string of the molecule is CC(=O)N1CCN(C(=O)Nc2cccc(COCC3CC3)c2)CC1. The number of carbonyl (C=O) groups excluding carboxylic acids is 2. The Kier molecular flexibility index (Phi) is 5.35. The van der Waals surface area contributed by atoms with Crippen molar-refractivity contribution in [2.75, 3.05) is 38.1 Å². The molecule has 1 aliphatic carbocycles. The first kappa shape index (κ1) is 16.8. The zero-order chi connectivity index (χ0) is 16.9. The molecular weight excluding hydrogens is 306 g/mol. The fourth-order valence-corrected chi connectivity index (χ4v) is 2.79. The number of nitrogens with one attached hydrogen (secondary N) is 1. The number of hydrogen-bond donors (Lipinski definition) is 1. The summed E-state index contributed by atoms with van der Waals surface area (Å²) in [5, 5.41) is 2.94. The molecule has 1 saturated heterocycles. The molecule has 6 nitrogen and oxygen atoms in total. The van der Waals surface area contributed by atoms with Gasteiger partial charge >= 0.3 is 6.03 Å². The van der Waals surface area contributed by atoms with Gasteiger partial charge in [0.05, 0.1) is 6.61 Å². The van der Waals surface area contributed by atoms with Gasteiger partial charge in [0, 0.05) is 45.4 Å². The van der Waals surface area contributed by atoms with Crippen LogP contribution in [0, 0.1) is 5.92 Å². The maximum absolute atomic E-state index is 12.3. The third-order valence-electron chi connectivity index (χ3n) is 4.51. The van der Waals surface area contributed by atoms with Crippen molar-refractivity contribution in [2.24, 2.45) is 5.92 Å². The van der Waals surface area contributed by atoms with Crippen LogP contribution in [-0.2, 0) is 16.1 Å². The largest absolute Gasteiger partial charge is 0.376 e. The standard InChI is InChI=1S/C18H25N3O3/c1-14(22)20-7-9-21(10-8-20)18(23)19-17-4-2-3-16(11-17)13-24-12-15-5-6-15/h2-4,11,15H,5-10,12-13H2,1H3,(H,19,23). The van der Waals surface area contributed by atoms with E-state index >= 15 is 0 Å². The normalized spacial score (nSPS) is 17.7. The predicted molar refractivity (Wildman–Crippen MR) is 91.7 cm³/mol. The van der Waals surface area contributed by atoms with Gasteiger partial charge < -0.3 is 19.9 Å². The number of nitrogens with zero attached hydrogens (tertiary/aromatic N) is 2. The highest BCUT2D eigenvalue weighted by Crippen LogP contribution is 2.29. The van der Waals surface area contributed by atoms with E-state index in [0.29, 0.717) is 32.8 Å². The number of ether oxygens (including phenoxy) is 1. The van der Waals surface area contributed by atoms with Crippen molar-refractivity contribution in [3.8, 4) is 0 Å². The number of piperazine rings is 1. The first-order chi connectivity index (χ1) is 11.6. The van der Waals surface area contributed by atoms with Crippen molar-refractivity contribution in [3.05, 3.63) is 29.8 Å². The molecule has 1 aliphatic heterocycles. The molecule has 1 aromatic rings. The maximum atomic E-state index is 12.3. The summed E-state index contributed by atoms with van der Waals surface area (Å²) in [5.74, 6) is 0.815. The first-order valence-electron chi connectivity index (χ1n) is 8.60. The molecule has 0 radical (unpaired) electrons. The molecule has 1 saturated carbocycles. The number of hydrogen-bond acceptors (Lipinski definition) is 3. The molecule has 0 bridgehead atoms. The van der Waals surface area contributed by atoms with E-state index < -0.39 is 0 Å². The summed E-state index contributed by atoms with van der Waals surface area (Å²) in [6.45, 7) is 5.29. The van der Waals surface area contributed by atoms with Gasteiger partial charge in [0.15, 0.2) is 0 Å². The van der Waals surface area contributed by atoms with Crippen molar-refractivity contribution in [1.29, 1.82) is 0 Å². The summed E-state index contributed by atoms with van der Waals surface area (Å²) in [7, 11) is 0. The van der Waals surface area contributed by atoms with E-state index in [1.165, 1.54) is 12.8 Å². The van der Waals surface area contributed by atoms with Crippen LogP contribution in [0.1, 0.15) is 25.3 Å². The quantitative estimate of drug-likeness (QED) is 0.900. The smallest absolute Gasteiger partial charge is 0.321 e. The Bertz CT molecular complexity index is 593. The van der Waals surface area contributed by atoms with Crippen molar-refractivity contribution in [1.82, 2.24) is 9.80 Å². The number of carbonyl (C=O) groups is 2. The second-order valence-corrected chi connectivity index (χ2v) is 6.58. The summed E-state index contributed by atoms with van der Waals surface area (Å²) in [5.41, 5.74) is 1.84. The molecule has 3 amide bonds. The Labute approximate surface area is 142 Å². The monoisotopic (exact) mass is 331 g/mol. The highest BCUT2D eigenvalue weighted by molar-refractivity contribution is 5.89. The number of anilines is 1. The van der Waals surface area contributed by atoms with Crippen LogP contribution in [0.2, 0.25) is 0 Å². The van der Waals surface area contributed by atoms with Crippen LogP contribution in [0.3, 0.4) is 0 Å². The van der Waals surface area contributed by atoms with Gasteiger partial charge in [0.25, 0.3) is 0 Å². The van der Waals surface area contributed by atoms with Crippen LogP contribution in [0.25, 0.3) is 0 Å². The lowest BCUT2D eigenvalue weighted by molar-refractivity contribution is -0.130. The number of amides is 3. The van der Waals surface area contributed by atoms with Crippen LogP contribution in [0.15, 0.2) is 24.3 Å². The molecule has 24 heavy (non-hydrogen) atoms. The van der Waals surface area contributed by atoms with E-state index in [2.05, 4.69) is 5.32 Å². The van der Waals surface area contributed by atoms with Gasteiger partial charge in [0.2, 0.25) is 5.91 Å². The molecule has 1 aromatic carbocycles. The second-order valence-electron chi connectivity index (χ2n) is 6.58. The Morgan fingerprint density at radius 2 is 1.88 bits per heavy atom. The first-order valence-corrected chi connectivity index (χ1v) is 8.60. The Morgan fingerprint density at radius 1 is 1.17 bits per heavy atom. The van der Waals surface area contributed by atoms with Gasteiger partial charge in [-0.25, -0.2) is 4.79 Å². The summed E-state index contributed by atoms with van der Waals surface area (Å²) >= 11 is 0. The fourth-order valence-electron chi connectivity index (χ4n) is 2.79. The third-order valence-corrected chi connectivity index (χ3v) is 4.51. The summed E-state index contributed by atoms with van der Waals surface area (Å²) in [6.07, 6.45) is 2.57. The summed E-state index contributed by atoms with van der Waals surface area (Å²) in [6, 6.07) is 7.66. The Morgan fingerprint density at radius 3 is 2.54 bits per heavy atom. The molecule has 0 spiro atoms. The van der Waals surface area contributed by atoms with Crippen LogP contribution in [0.5, 0.6) is 0 Å². The van der Waals surface area contributed by atoms with Gasteiger partial charge in [-0.1, -0.05) is 12.1 Å².